The van der Waals surface area contributed by atoms with Gasteiger partial charge in [0.05, 0.1) is 6.20 Å². The summed E-state index contributed by atoms with van der Waals surface area (Å²) in [5.74, 6) is 1.81. The molecule has 0 N–H and O–H groups in total. The second-order valence-corrected chi connectivity index (χ2v) is 8.48. The Hall–Kier alpha value is -1.77. The van der Waals surface area contributed by atoms with E-state index in [1.807, 2.05) is 18.2 Å². The maximum Gasteiger partial charge on any atom is 0.247 e. The molecule has 1 aromatic heterocycles. The van der Waals surface area contributed by atoms with E-state index in [2.05, 4.69) is 5.10 Å². The molecule has 2 aliphatic rings. The average molecular weight is 384 g/mol. The van der Waals surface area contributed by atoms with E-state index in [1.54, 1.807) is 7.05 Å². The number of ether oxygens (including phenoxy) is 2. The first-order valence-corrected chi connectivity index (χ1v) is 9.86. The summed E-state index contributed by atoms with van der Waals surface area (Å²) in [6.07, 6.45) is 2.80. The molecule has 4 rings (SSSR count). The molecule has 9 heteroatoms. The first kappa shape index (κ1) is 16.7. The van der Waals surface area contributed by atoms with Gasteiger partial charge in [-0.1, -0.05) is 17.7 Å². The number of hydrogen-bond acceptors (Lipinski definition) is 5. The van der Waals surface area contributed by atoms with Gasteiger partial charge in [0, 0.05) is 20.1 Å². The molecule has 1 aromatic carbocycles. The standard InChI is InChI=1S/C16H18ClN3O4S/c1-19-16(17)15(9-18-19)25(21,22)20-6-4-11(5-7-20)12-2-3-13-14(8-12)24-10-23-13/h2-3,8-9,11H,4-7,10H2,1H3. The number of sulfonamides is 1. The Morgan fingerprint density at radius 3 is 2.60 bits per heavy atom. The van der Waals surface area contributed by atoms with Crippen molar-refractivity contribution in [1.82, 2.24) is 14.1 Å². The molecular formula is C16H18ClN3O4S. The summed E-state index contributed by atoms with van der Waals surface area (Å²) in [6.45, 7) is 1.15. The van der Waals surface area contributed by atoms with Crippen molar-refractivity contribution in [3.05, 3.63) is 35.1 Å². The molecule has 0 atom stereocenters. The second-order valence-electron chi connectivity index (χ2n) is 6.21. The minimum absolute atomic E-state index is 0.0678. The number of fused-ring (bicyclic) bond motifs is 1. The summed E-state index contributed by atoms with van der Waals surface area (Å²) in [5.41, 5.74) is 1.15. The first-order chi connectivity index (χ1) is 12.0. The molecule has 0 bridgehead atoms. The number of hydrogen-bond donors (Lipinski definition) is 0. The summed E-state index contributed by atoms with van der Waals surface area (Å²) in [4.78, 5) is 0.0678. The van der Waals surface area contributed by atoms with E-state index < -0.39 is 10.0 Å². The Labute approximate surface area is 151 Å². The molecule has 0 saturated carbocycles. The van der Waals surface area contributed by atoms with Crippen molar-refractivity contribution in [2.24, 2.45) is 7.05 Å². The molecule has 0 amide bonds. The van der Waals surface area contributed by atoms with Crippen molar-refractivity contribution >= 4 is 21.6 Å². The lowest BCUT2D eigenvalue weighted by Crippen LogP contribution is -2.37. The van der Waals surface area contributed by atoms with Crippen molar-refractivity contribution in [2.75, 3.05) is 19.9 Å². The highest BCUT2D eigenvalue weighted by atomic mass is 35.5. The lowest BCUT2D eigenvalue weighted by molar-refractivity contribution is 0.174. The fourth-order valence-electron chi connectivity index (χ4n) is 3.31. The van der Waals surface area contributed by atoms with Crippen LogP contribution in [0, 0.1) is 0 Å². The SMILES string of the molecule is Cn1ncc(S(=O)(=O)N2CCC(c3ccc4c(c3)OCO4)CC2)c1Cl. The fraction of sp³-hybridized carbons (Fsp3) is 0.438. The van der Waals surface area contributed by atoms with Crippen LogP contribution in [-0.4, -0.2) is 42.4 Å². The first-order valence-electron chi connectivity index (χ1n) is 8.04. The summed E-state index contributed by atoms with van der Waals surface area (Å²) in [7, 11) is -2.00. The molecule has 0 aliphatic carbocycles. The maximum atomic E-state index is 12.8. The van der Waals surface area contributed by atoms with Gasteiger partial charge in [-0.05, 0) is 36.5 Å². The van der Waals surface area contributed by atoms with E-state index in [4.69, 9.17) is 21.1 Å². The van der Waals surface area contributed by atoms with Crippen LogP contribution in [0.4, 0.5) is 0 Å². The Kier molecular flexibility index (Phi) is 4.13. The number of benzene rings is 1. The zero-order chi connectivity index (χ0) is 17.6. The Morgan fingerprint density at radius 2 is 1.92 bits per heavy atom. The molecule has 0 radical (unpaired) electrons. The molecule has 1 fully saturated rings. The number of halogens is 1. The van der Waals surface area contributed by atoms with Gasteiger partial charge in [0.1, 0.15) is 10.0 Å². The van der Waals surface area contributed by atoms with Gasteiger partial charge in [0.15, 0.2) is 11.5 Å². The van der Waals surface area contributed by atoms with E-state index >= 15 is 0 Å². The van der Waals surface area contributed by atoms with Crippen molar-refractivity contribution in [2.45, 2.75) is 23.7 Å². The number of aryl methyl sites for hydroxylation is 1. The fourth-order valence-corrected chi connectivity index (χ4v) is 5.19. The molecular weight excluding hydrogens is 366 g/mol. The van der Waals surface area contributed by atoms with Crippen LogP contribution >= 0.6 is 11.6 Å². The van der Waals surface area contributed by atoms with Gasteiger partial charge < -0.3 is 9.47 Å². The third-order valence-corrected chi connectivity index (χ3v) is 7.24. The molecule has 1 saturated heterocycles. The van der Waals surface area contributed by atoms with Gasteiger partial charge in [-0.15, -0.1) is 0 Å². The van der Waals surface area contributed by atoms with Gasteiger partial charge in [-0.3, -0.25) is 4.68 Å². The minimum Gasteiger partial charge on any atom is -0.454 e. The third-order valence-electron chi connectivity index (χ3n) is 4.78. The van der Waals surface area contributed by atoms with Gasteiger partial charge in [0.2, 0.25) is 16.8 Å². The Balaban J connectivity index is 1.49. The summed E-state index contributed by atoms with van der Waals surface area (Å²) in [5, 5.41) is 4.06. The van der Waals surface area contributed by atoms with Crippen molar-refractivity contribution in [3.8, 4) is 11.5 Å². The zero-order valence-corrected chi connectivity index (χ0v) is 15.3. The van der Waals surface area contributed by atoms with E-state index in [-0.39, 0.29) is 16.8 Å². The molecule has 3 heterocycles. The normalized spacial score (nSPS) is 18.6. The predicted molar refractivity (Wildman–Crippen MR) is 91.5 cm³/mol. The lowest BCUT2D eigenvalue weighted by Gasteiger charge is -2.31. The minimum atomic E-state index is -3.61. The topological polar surface area (TPSA) is 73.7 Å². The van der Waals surface area contributed by atoms with Crippen LogP contribution < -0.4 is 9.47 Å². The number of nitrogens with zero attached hydrogens (tertiary/aromatic N) is 3. The number of rotatable bonds is 3. The third kappa shape index (κ3) is 2.88. The maximum absolute atomic E-state index is 12.8. The molecule has 134 valence electrons. The van der Waals surface area contributed by atoms with Crippen LogP contribution in [0.15, 0.2) is 29.3 Å². The molecule has 0 unspecified atom stereocenters. The smallest absolute Gasteiger partial charge is 0.247 e. The predicted octanol–water partition coefficient (Wildman–Crippen LogP) is 2.37. The van der Waals surface area contributed by atoms with Gasteiger partial charge in [-0.2, -0.15) is 9.40 Å². The largest absolute Gasteiger partial charge is 0.454 e. The summed E-state index contributed by atoms with van der Waals surface area (Å²) >= 11 is 6.06. The molecule has 0 spiro atoms. The summed E-state index contributed by atoms with van der Waals surface area (Å²) < 4.78 is 39.1. The quantitative estimate of drug-likeness (QED) is 0.813. The lowest BCUT2D eigenvalue weighted by atomic mass is 9.90. The summed E-state index contributed by atoms with van der Waals surface area (Å²) in [6, 6.07) is 5.94. The molecule has 2 aliphatic heterocycles. The van der Waals surface area contributed by atoms with Crippen LogP contribution in [0.5, 0.6) is 11.5 Å². The van der Waals surface area contributed by atoms with Crippen LogP contribution in [0.3, 0.4) is 0 Å². The highest BCUT2D eigenvalue weighted by Gasteiger charge is 2.33. The molecule has 7 nitrogen and oxygen atoms in total. The van der Waals surface area contributed by atoms with Crippen LogP contribution in [0.1, 0.15) is 24.3 Å². The van der Waals surface area contributed by atoms with E-state index in [0.29, 0.717) is 19.0 Å². The van der Waals surface area contributed by atoms with Crippen molar-refractivity contribution < 1.29 is 17.9 Å². The Morgan fingerprint density at radius 1 is 1.20 bits per heavy atom. The zero-order valence-electron chi connectivity index (χ0n) is 13.7. The van der Waals surface area contributed by atoms with E-state index in [0.717, 1.165) is 29.9 Å². The van der Waals surface area contributed by atoms with Gasteiger partial charge in [0.25, 0.3) is 0 Å². The van der Waals surface area contributed by atoms with Gasteiger partial charge in [-0.25, -0.2) is 8.42 Å². The Bertz CT molecular complexity index is 904. The van der Waals surface area contributed by atoms with Crippen molar-refractivity contribution in [1.29, 1.82) is 0 Å². The highest BCUT2D eigenvalue weighted by Crippen LogP contribution is 2.38. The molecule has 2 aromatic rings. The number of aromatic nitrogens is 2. The average Bonchev–Trinajstić information content (AvgIpc) is 3.21. The molecule has 25 heavy (non-hydrogen) atoms. The second kappa shape index (κ2) is 6.19. The van der Waals surface area contributed by atoms with E-state index in [1.165, 1.54) is 15.2 Å². The monoisotopic (exact) mass is 383 g/mol. The van der Waals surface area contributed by atoms with Crippen molar-refractivity contribution in [3.63, 3.8) is 0 Å². The number of piperidine rings is 1. The van der Waals surface area contributed by atoms with Crippen LogP contribution in [0.2, 0.25) is 5.15 Å². The highest BCUT2D eigenvalue weighted by molar-refractivity contribution is 7.89. The van der Waals surface area contributed by atoms with Crippen LogP contribution in [0.25, 0.3) is 0 Å². The van der Waals surface area contributed by atoms with Crippen LogP contribution in [-0.2, 0) is 17.1 Å². The van der Waals surface area contributed by atoms with E-state index in [9.17, 15) is 8.42 Å². The van der Waals surface area contributed by atoms with Gasteiger partial charge >= 0.3 is 0 Å².